The molecule has 234 valence electrons. The third kappa shape index (κ3) is 3.70. The normalized spacial score (nSPS) is 12.3. The predicted octanol–water partition coefficient (Wildman–Crippen LogP) is 14.4. The molecule has 1 nitrogen and oxygen atoms in total. The molecule has 0 saturated heterocycles. The predicted molar refractivity (Wildman–Crippen MR) is 218 cm³/mol. The van der Waals surface area contributed by atoms with Gasteiger partial charge in [0.15, 0.2) is 0 Å². The highest BCUT2D eigenvalue weighted by Crippen LogP contribution is 2.47. The fourth-order valence-corrected chi connectivity index (χ4v) is 9.03. The van der Waals surface area contributed by atoms with Crippen molar-refractivity contribution in [2.75, 3.05) is 0 Å². The van der Waals surface area contributed by atoms with Crippen LogP contribution in [0.1, 0.15) is 0 Å². The lowest BCUT2D eigenvalue weighted by molar-refractivity contribution is 0.674. The highest BCUT2D eigenvalue weighted by molar-refractivity contribution is 6.28. The second kappa shape index (κ2) is 9.94. The van der Waals surface area contributed by atoms with Gasteiger partial charge >= 0.3 is 0 Å². The van der Waals surface area contributed by atoms with E-state index < -0.39 is 0 Å². The van der Waals surface area contributed by atoms with E-state index in [1.165, 1.54) is 81.1 Å². The Balaban J connectivity index is 1.17. The van der Waals surface area contributed by atoms with Gasteiger partial charge in [0.05, 0.1) is 0 Å². The first-order valence-electron chi connectivity index (χ1n) is 17.7. The van der Waals surface area contributed by atoms with Gasteiger partial charge in [0.1, 0.15) is 11.2 Å². The molecule has 0 aliphatic heterocycles. The minimum Gasteiger partial charge on any atom is -0.455 e. The molecule has 1 heterocycles. The number of fused-ring (bicyclic) bond motifs is 10. The fraction of sp³-hybridized carbons (Fsp3) is 0. The van der Waals surface area contributed by atoms with Crippen molar-refractivity contribution >= 4 is 97.3 Å². The summed E-state index contributed by atoms with van der Waals surface area (Å²) in [4.78, 5) is 0. The highest BCUT2D eigenvalue weighted by Gasteiger charge is 2.21. The first-order chi connectivity index (χ1) is 25.3. The summed E-state index contributed by atoms with van der Waals surface area (Å²) in [6.45, 7) is 0. The molecule has 11 aromatic carbocycles. The van der Waals surface area contributed by atoms with Crippen molar-refractivity contribution in [3.8, 4) is 22.3 Å². The highest BCUT2D eigenvalue weighted by atomic mass is 16.3. The molecule has 0 aliphatic rings. The fourth-order valence-electron chi connectivity index (χ4n) is 9.03. The molecule has 0 amide bonds. The van der Waals surface area contributed by atoms with Gasteiger partial charge in [-0.2, -0.15) is 0 Å². The van der Waals surface area contributed by atoms with Crippen molar-refractivity contribution < 1.29 is 4.42 Å². The van der Waals surface area contributed by atoms with Crippen molar-refractivity contribution in [1.82, 2.24) is 0 Å². The zero-order chi connectivity index (χ0) is 33.2. The minimum absolute atomic E-state index is 0.926. The molecule has 0 N–H and O–H groups in total. The van der Waals surface area contributed by atoms with Gasteiger partial charge in [0.2, 0.25) is 0 Å². The van der Waals surface area contributed by atoms with Crippen molar-refractivity contribution in [3.63, 3.8) is 0 Å². The Labute approximate surface area is 292 Å². The molecular formula is C50H28O. The van der Waals surface area contributed by atoms with Crippen LogP contribution in [0.3, 0.4) is 0 Å². The lowest BCUT2D eigenvalue weighted by Crippen LogP contribution is -1.89. The largest absolute Gasteiger partial charge is 0.455 e. The van der Waals surface area contributed by atoms with Crippen LogP contribution >= 0.6 is 0 Å². The summed E-state index contributed by atoms with van der Waals surface area (Å²) < 4.78 is 7.08. The Kier molecular flexibility index (Phi) is 5.29. The smallest absolute Gasteiger partial charge is 0.143 e. The topological polar surface area (TPSA) is 13.1 Å². The Morgan fingerprint density at radius 1 is 0.255 bits per heavy atom. The van der Waals surface area contributed by atoms with Crippen LogP contribution in [0, 0.1) is 0 Å². The van der Waals surface area contributed by atoms with E-state index in [0.717, 1.165) is 38.5 Å². The third-order valence-electron chi connectivity index (χ3n) is 11.4. The molecule has 12 rings (SSSR count). The third-order valence-corrected chi connectivity index (χ3v) is 11.4. The van der Waals surface area contributed by atoms with E-state index >= 15 is 0 Å². The Bertz CT molecular complexity index is 3400. The van der Waals surface area contributed by atoms with Gasteiger partial charge in [0.25, 0.3) is 0 Å². The van der Waals surface area contributed by atoms with Crippen molar-refractivity contribution in [2.24, 2.45) is 0 Å². The van der Waals surface area contributed by atoms with Gasteiger partial charge in [-0.25, -0.2) is 0 Å². The molecule has 0 fully saturated rings. The van der Waals surface area contributed by atoms with E-state index in [-0.39, 0.29) is 0 Å². The number of benzene rings is 11. The number of hydrogen-bond donors (Lipinski definition) is 0. The summed E-state index contributed by atoms with van der Waals surface area (Å²) in [5, 5.41) is 20.0. The van der Waals surface area contributed by atoms with Gasteiger partial charge in [-0.1, -0.05) is 152 Å². The molecule has 51 heavy (non-hydrogen) atoms. The molecule has 0 spiro atoms. The Hall–Kier alpha value is -6.70. The molecule has 1 heteroatoms. The van der Waals surface area contributed by atoms with E-state index in [2.05, 4.69) is 170 Å². The maximum absolute atomic E-state index is 7.08. The van der Waals surface area contributed by atoms with E-state index in [4.69, 9.17) is 4.42 Å². The summed E-state index contributed by atoms with van der Waals surface area (Å²) in [5.74, 6) is 0. The van der Waals surface area contributed by atoms with E-state index in [1.54, 1.807) is 0 Å². The molecular weight excluding hydrogens is 617 g/mol. The summed E-state index contributed by atoms with van der Waals surface area (Å²) in [6.07, 6.45) is 0. The molecule has 1 aromatic heterocycles. The maximum atomic E-state index is 7.08. The van der Waals surface area contributed by atoms with Gasteiger partial charge in [-0.3, -0.25) is 0 Å². The van der Waals surface area contributed by atoms with Crippen LogP contribution in [0.15, 0.2) is 174 Å². The number of furan rings is 1. The lowest BCUT2D eigenvalue weighted by atomic mass is 9.87. The molecule has 0 saturated carbocycles. The zero-order valence-electron chi connectivity index (χ0n) is 27.6. The first-order valence-corrected chi connectivity index (χ1v) is 17.7. The molecule has 0 radical (unpaired) electrons. The standard InChI is InChI=1S/C50H28O/c1-3-10-37-29(6-1)12-13-33-16-17-35-28-36(21-22-38(35)46(33)37)40-26-27-43(48-44-25-18-30-7-2-4-11-39(30)49(44)51-50(40)48)41-23-19-34-15-14-31-8-5-9-32-20-24-42(41)47(34)45(31)32/h1-28H. The minimum atomic E-state index is 0.926. The maximum Gasteiger partial charge on any atom is 0.143 e. The number of rotatable bonds is 2. The lowest BCUT2D eigenvalue weighted by Gasteiger charge is -2.15. The van der Waals surface area contributed by atoms with E-state index in [1.807, 2.05) is 0 Å². The van der Waals surface area contributed by atoms with E-state index in [9.17, 15) is 0 Å². The van der Waals surface area contributed by atoms with Crippen molar-refractivity contribution in [3.05, 3.63) is 170 Å². The average molecular weight is 645 g/mol. The first kappa shape index (κ1) is 27.2. The van der Waals surface area contributed by atoms with Crippen LogP contribution in [-0.2, 0) is 0 Å². The molecule has 0 unspecified atom stereocenters. The molecule has 0 bridgehead atoms. The Morgan fingerprint density at radius 3 is 1.63 bits per heavy atom. The van der Waals surface area contributed by atoms with Gasteiger partial charge in [0, 0.05) is 21.7 Å². The van der Waals surface area contributed by atoms with E-state index in [0.29, 0.717) is 0 Å². The van der Waals surface area contributed by atoms with Crippen LogP contribution in [0.5, 0.6) is 0 Å². The van der Waals surface area contributed by atoms with Crippen LogP contribution in [0.2, 0.25) is 0 Å². The quantitative estimate of drug-likeness (QED) is 0.171. The summed E-state index contributed by atoms with van der Waals surface area (Å²) in [6, 6.07) is 62.6. The monoisotopic (exact) mass is 644 g/mol. The van der Waals surface area contributed by atoms with Crippen LogP contribution in [0.4, 0.5) is 0 Å². The van der Waals surface area contributed by atoms with Crippen LogP contribution < -0.4 is 0 Å². The molecule has 0 aliphatic carbocycles. The zero-order valence-corrected chi connectivity index (χ0v) is 27.6. The van der Waals surface area contributed by atoms with Crippen molar-refractivity contribution in [1.29, 1.82) is 0 Å². The SMILES string of the molecule is c1ccc2c(c1)ccc1c2oc2c(-c3ccc4c(ccc5ccc6ccccc6c54)c3)ccc(-c3ccc4ccc5cccc6ccc3c4c56)c21. The average Bonchev–Trinajstić information content (AvgIpc) is 3.60. The van der Waals surface area contributed by atoms with Crippen LogP contribution in [0.25, 0.3) is 120 Å². The molecule has 0 atom stereocenters. The summed E-state index contributed by atoms with van der Waals surface area (Å²) in [5.41, 5.74) is 6.54. The van der Waals surface area contributed by atoms with Gasteiger partial charge < -0.3 is 4.42 Å². The second-order valence-electron chi connectivity index (χ2n) is 14.0. The number of hydrogen-bond acceptors (Lipinski definition) is 1. The Morgan fingerprint density at radius 2 is 0.784 bits per heavy atom. The van der Waals surface area contributed by atoms with Gasteiger partial charge in [-0.15, -0.1) is 0 Å². The van der Waals surface area contributed by atoms with Crippen molar-refractivity contribution in [2.45, 2.75) is 0 Å². The van der Waals surface area contributed by atoms with Crippen LogP contribution in [-0.4, -0.2) is 0 Å². The second-order valence-corrected chi connectivity index (χ2v) is 14.0. The summed E-state index contributed by atoms with van der Waals surface area (Å²) in [7, 11) is 0. The molecule has 12 aromatic rings. The summed E-state index contributed by atoms with van der Waals surface area (Å²) >= 11 is 0. The van der Waals surface area contributed by atoms with Gasteiger partial charge in [-0.05, 0) is 105 Å².